The number of nitrogens with one attached hydrogen (secondary N) is 2. The molecule has 1 aromatic heterocycles. The van der Waals surface area contributed by atoms with Crippen molar-refractivity contribution in [1.29, 1.82) is 0 Å². The molecule has 5 nitrogen and oxygen atoms in total. The highest BCUT2D eigenvalue weighted by Gasteiger charge is 2.33. The van der Waals surface area contributed by atoms with E-state index in [1.165, 1.54) is 11.3 Å². The lowest BCUT2D eigenvalue weighted by atomic mass is 10.1. The number of aliphatic carboxylic acids is 1. The monoisotopic (exact) mass is 254 g/mol. The van der Waals surface area contributed by atoms with Crippen LogP contribution in [0.5, 0.6) is 0 Å². The fourth-order valence-electron chi connectivity index (χ4n) is 1.69. The van der Waals surface area contributed by atoms with E-state index >= 15 is 0 Å². The number of amides is 2. The van der Waals surface area contributed by atoms with E-state index in [9.17, 15) is 9.59 Å². The van der Waals surface area contributed by atoms with Crippen molar-refractivity contribution in [2.24, 2.45) is 5.92 Å². The number of hydrogen-bond donors (Lipinski definition) is 3. The van der Waals surface area contributed by atoms with E-state index in [-0.39, 0.29) is 18.5 Å². The highest BCUT2D eigenvalue weighted by Crippen LogP contribution is 2.34. The molecule has 1 aromatic rings. The average molecular weight is 254 g/mol. The zero-order chi connectivity index (χ0) is 12.3. The molecule has 0 radical (unpaired) electrons. The summed E-state index contributed by atoms with van der Waals surface area (Å²) in [5.74, 6) is -0.558. The van der Waals surface area contributed by atoms with Crippen LogP contribution in [-0.4, -0.2) is 23.1 Å². The molecule has 17 heavy (non-hydrogen) atoms. The van der Waals surface area contributed by atoms with Crippen LogP contribution in [0.15, 0.2) is 16.8 Å². The van der Waals surface area contributed by atoms with Crippen LogP contribution < -0.4 is 10.6 Å². The van der Waals surface area contributed by atoms with E-state index in [2.05, 4.69) is 10.6 Å². The van der Waals surface area contributed by atoms with E-state index in [4.69, 9.17) is 5.11 Å². The lowest BCUT2D eigenvalue weighted by Gasteiger charge is -2.16. The van der Waals surface area contributed by atoms with Crippen LogP contribution in [0.2, 0.25) is 0 Å². The molecule has 0 spiro atoms. The number of carbonyl (C=O) groups excluding carboxylic acids is 1. The first-order valence-corrected chi connectivity index (χ1v) is 6.41. The Morgan fingerprint density at radius 2 is 2.29 bits per heavy atom. The lowest BCUT2D eigenvalue weighted by Crippen LogP contribution is -2.40. The van der Waals surface area contributed by atoms with E-state index in [0.29, 0.717) is 5.92 Å². The SMILES string of the molecule is O=C(O)CC(NC(=O)Nc1ccsc1)C1CC1. The molecule has 1 fully saturated rings. The molecule has 1 atom stereocenters. The van der Waals surface area contributed by atoms with E-state index in [0.717, 1.165) is 18.5 Å². The van der Waals surface area contributed by atoms with Crippen LogP contribution in [0.3, 0.4) is 0 Å². The predicted molar refractivity (Wildman–Crippen MR) is 65.2 cm³/mol. The standard InChI is InChI=1S/C11H14N2O3S/c14-10(15)5-9(7-1-2-7)13-11(16)12-8-3-4-17-6-8/h3-4,6-7,9H,1-2,5H2,(H,14,15)(H2,12,13,16). The Hall–Kier alpha value is -1.56. The fourth-order valence-corrected chi connectivity index (χ4v) is 2.28. The minimum atomic E-state index is -0.877. The highest BCUT2D eigenvalue weighted by molar-refractivity contribution is 7.08. The molecule has 0 bridgehead atoms. The molecular weight excluding hydrogens is 240 g/mol. The van der Waals surface area contributed by atoms with Crippen molar-refractivity contribution in [1.82, 2.24) is 5.32 Å². The Balaban J connectivity index is 1.84. The van der Waals surface area contributed by atoms with Crippen molar-refractivity contribution in [3.63, 3.8) is 0 Å². The van der Waals surface area contributed by atoms with Gasteiger partial charge in [0.25, 0.3) is 0 Å². The van der Waals surface area contributed by atoms with Crippen LogP contribution >= 0.6 is 11.3 Å². The third-order valence-electron chi connectivity index (χ3n) is 2.68. The van der Waals surface area contributed by atoms with Crippen molar-refractivity contribution >= 4 is 29.0 Å². The molecule has 0 aliphatic heterocycles. The summed E-state index contributed by atoms with van der Waals surface area (Å²) < 4.78 is 0. The molecule has 1 aliphatic rings. The Kier molecular flexibility index (Phi) is 3.63. The molecule has 1 heterocycles. The van der Waals surface area contributed by atoms with Gasteiger partial charge in [-0.3, -0.25) is 4.79 Å². The maximum atomic E-state index is 11.6. The van der Waals surface area contributed by atoms with E-state index in [1.807, 2.05) is 10.8 Å². The zero-order valence-corrected chi connectivity index (χ0v) is 10.00. The second kappa shape index (κ2) is 5.18. The number of carboxylic acids is 1. The normalized spacial score (nSPS) is 16.2. The summed E-state index contributed by atoms with van der Waals surface area (Å²) in [6.45, 7) is 0. The molecule has 1 aliphatic carbocycles. The number of hydrogen-bond acceptors (Lipinski definition) is 3. The van der Waals surface area contributed by atoms with Crippen molar-refractivity contribution < 1.29 is 14.7 Å². The summed E-state index contributed by atoms with van der Waals surface area (Å²) in [6, 6.07) is 1.21. The van der Waals surface area contributed by atoms with Crippen molar-refractivity contribution in [2.75, 3.05) is 5.32 Å². The molecule has 92 valence electrons. The van der Waals surface area contributed by atoms with Gasteiger partial charge >= 0.3 is 12.0 Å². The molecule has 6 heteroatoms. The largest absolute Gasteiger partial charge is 0.481 e. The summed E-state index contributed by atoms with van der Waals surface area (Å²) in [5.41, 5.74) is 0.734. The number of urea groups is 1. The number of anilines is 1. The first-order chi connectivity index (χ1) is 8.15. The van der Waals surface area contributed by atoms with Gasteiger partial charge in [0, 0.05) is 11.4 Å². The number of rotatable bonds is 5. The first-order valence-electron chi connectivity index (χ1n) is 5.46. The van der Waals surface area contributed by atoms with Gasteiger partial charge in [-0.15, -0.1) is 0 Å². The summed E-state index contributed by atoms with van der Waals surface area (Å²) >= 11 is 1.49. The van der Waals surface area contributed by atoms with Gasteiger partial charge in [-0.2, -0.15) is 11.3 Å². The quantitative estimate of drug-likeness (QED) is 0.753. The van der Waals surface area contributed by atoms with Gasteiger partial charge in [0.1, 0.15) is 0 Å². The van der Waals surface area contributed by atoms with Gasteiger partial charge in [0.15, 0.2) is 0 Å². The van der Waals surface area contributed by atoms with Gasteiger partial charge in [-0.25, -0.2) is 4.79 Å². The van der Waals surface area contributed by atoms with Gasteiger partial charge in [0.2, 0.25) is 0 Å². The topological polar surface area (TPSA) is 78.4 Å². The average Bonchev–Trinajstić information content (AvgIpc) is 2.97. The third kappa shape index (κ3) is 3.74. The Morgan fingerprint density at radius 3 is 2.82 bits per heavy atom. The number of carbonyl (C=O) groups is 2. The highest BCUT2D eigenvalue weighted by atomic mass is 32.1. The molecule has 3 N–H and O–H groups in total. The molecule has 0 saturated heterocycles. The maximum Gasteiger partial charge on any atom is 0.319 e. The van der Waals surface area contributed by atoms with Gasteiger partial charge in [-0.1, -0.05) is 0 Å². The number of thiophene rings is 1. The predicted octanol–water partition coefficient (Wildman–Crippen LogP) is 2.12. The second-order valence-corrected chi connectivity index (χ2v) is 4.93. The van der Waals surface area contributed by atoms with Crippen molar-refractivity contribution in [3.05, 3.63) is 16.8 Å². The van der Waals surface area contributed by atoms with Gasteiger partial charge < -0.3 is 15.7 Å². The molecule has 0 aromatic carbocycles. The summed E-state index contributed by atoms with van der Waals surface area (Å²) in [7, 11) is 0. The maximum absolute atomic E-state index is 11.6. The van der Waals surface area contributed by atoms with Crippen LogP contribution in [0.25, 0.3) is 0 Å². The molecule has 1 unspecified atom stereocenters. The second-order valence-electron chi connectivity index (χ2n) is 4.15. The Labute approximate surface area is 103 Å². The molecule has 2 amide bonds. The Bertz CT molecular complexity index is 401. The van der Waals surface area contributed by atoms with Crippen molar-refractivity contribution in [2.45, 2.75) is 25.3 Å². The molecule has 2 rings (SSSR count). The van der Waals surface area contributed by atoms with E-state index in [1.54, 1.807) is 6.07 Å². The van der Waals surface area contributed by atoms with Gasteiger partial charge in [-0.05, 0) is 30.2 Å². The molecular formula is C11H14N2O3S. The lowest BCUT2D eigenvalue weighted by molar-refractivity contribution is -0.137. The summed E-state index contributed by atoms with van der Waals surface area (Å²) in [4.78, 5) is 22.3. The minimum absolute atomic E-state index is 0.0122. The van der Waals surface area contributed by atoms with Crippen LogP contribution in [-0.2, 0) is 4.79 Å². The van der Waals surface area contributed by atoms with E-state index < -0.39 is 5.97 Å². The van der Waals surface area contributed by atoms with Crippen LogP contribution in [0.4, 0.5) is 10.5 Å². The summed E-state index contributed by atoms with van der Waals surface area (Å²) in [5, 5.41) is 17.8. The first kappa shape index (κ1) is 11.9. The van der Waals surface area contributed by atoms with Crippen LogP contribution in [0.1, 0.15) is 19.3 Å². The zero-order valence-electron chi connectivity index (χ0n) is 9.18. The number of carboxylic acid groups (broad SMARTS) is 1. The smallest absolute Gasteiger partial charge is 0.319 e. The summed E-state index contributed by atoms with van der Waals surface area (Å²) in [6.07, 6.45) is 1.98. The molecule has 1 saturated carbocycles. The Morgan fingerprint density at radius 1 is 1.53 bits per heavy atom. The minimum Gasteiger partial charge on any atom is -0.481 e. The van der Waals surface area contributed by atoms with Gasteiger partial charge in [0.05, 0.1) is 12.1 Å². The van der Waals surface area contributed by atoms with Crippen LogP contribution in [0, 0.1) is 5.92 Å². The third-order valence-corrected chi connectivity index (χ3v) is 3.36. The van der Waals surface area contributed by atoms with Crippen molar-refractivity contribution in [3.8, 4) is 0 Å². The fraction of sp³-hybridized carbons (Fsp3) is 0.455.